The lowest BCUT2D eigenvalue weighted by Gasteiger charge is -2.19. The van der Waals surface area contributed by atoms with Gasteiger partial charge in [0.15, 0.2) is 11.5 Å². The third kappa shape index (κ3) is 4.51. The predicted molar refractivity (Wildman–Crippen MR) is 102 cm³/mol. The van der Waals surface area contributed by atoms with Crippen LogP contribution in [0.2, 0.25) is 0 Å². The molecule has 2 aromatic rings. The molecule has 8 heteroatoms. The third-order valence-corrected chi connectivity index (χ3v) is 5.27. The lowest BCUT2D eigenvalue weighted by atomic mass is 10.1. The van der Waals surface area contributed by atoms with Crippen LogP contribution in [0.3, 0.4) is 0 Å². The van der Waals surface area contributed by atoms with Gasteiger partial charge in [0, 0.05) is 12.6 Å². The van der Waals surface area contributed by atoms with E-state index in [0.717, 1.165) is 0 Å². The van der Waals surface area contributed by atoms with Gasteiger partial charge in [0.1, 0.15) is 13.2 Å². The zero-order chi connectivity index (χ0) is 19.4. The minimum atomic E-state index is -3.90. The topological polar surface area (TPSA) is 93.7 Å². The van der Waals surface area contributed by atoms with E-state index in [1.54, 1.807) is 30.3 Å². The molecule has 144 valence electrons. The number of rotatable bonds is 6. The molecule has 1 amide bonds. The lowest BCUT2D eigenvalue weighted by molar-refractivity contribution is 0.0950. The monoisotopic (exact) mass is 390 g/mol. The minimum absolute atomic E-state index is 0.0316. The van der Waals surface area contributed by atoms with Crippen LogP contribution in [-0.2, 0) is 10.0 Å². The highest BCUT2D eigenvalue weighted by Crippen LogP contribution is 2.33. The normalized spacial score (nSPS) is 13.3. The Morgan fingerprint density at radius 1 is 1.07 bits per heavy atom. The van der Waals surface area contributed by atoms with E-state index in [-0.39, 0.29) is 28.0 Å². The Kier molecular flexibility index (Phi) is 5.55. The number of fused-ring (bicyclic) bond motifs is 1. The first-order valence-electron chi connectivity index (χ1n) is 8.66. The van der Waals surface area contributed by atoms with Crippen LogP contribution >= 0.6 is 0 Å². The first-order chi connectivity index (χ1) is 12.9. The second-order valence-electron chi connectivity index (χ2n) is 6.56. The third-order valence-electron chi connectivity index (χ3n) is 3.91. The van der Waals surface area contributed by atoms with Gasteiger partial charge in [0.2, 0.25) is 0 Å². The van der Waals surface area contributed by atoms with Gasteiger partial charge in [-0.3, -0.25) is 9.52 Å². The Hall–Kier alpha value is -2.74. The largest absolute Gasteiger partial charge is 0.486 e. The summed E-state index contributed by atoms with van der Waals surface area (Å²) in [5, 5.41) is 2.79. The zero-order valence-corrected chi connectivity index (χ0v) is 16.0. The van der Waals surface area contributed by atoms with Crippen molar-refractivity contribution in [2.75, 3.05) is 24.5 Å². The van der Waals surface area contributed by atoms with Crippen molar-refractivity contribution in [1.82, 2.24) is 5.32 Å². The van der Waals surface area contributed by atoms with Gasteiger partial charge < -0.3 is 14.8 Å². The van der Waals surface area contributed by atoms with Gasteiger partial charge in [-0.1, -0.05) is 26.0 Å². The standard InChI is InChI=1S/C19H22N2O5S/c1-13(2)12-20-19(22)15-5-3-4-6-16(15)21-27(23,24)14-7-8-17-18(11-14)26-10-9-25-17/h3-8,11,13,21H,9-10,12H2,1-2H3,(H,20,22). The van der Waals surface area contributed by atoms with Crippen LogP contribution in [0, 0.1) is 5.92 Å². The van der Waals surface area contributed by atoms with Gasteiger partial charge in [-0.2, -0.15) is 0 Å². The number of amides is 1. The molecule has 1 aliphatic heterocycles. The summed E-state index contributed by atoms with van der Waals surface area (Å²) in [5.41, 5.74) is 0.480. The number of nitrogens with one attached hydrogen (secondary N) is 2. The molecule has 2 N–H and O–H groups in total. The average Bonchev–Trinajstić information content (AvgIpc) is 2.66. The molecule has 0 aliphatic carbocycles. The Morgan fingerprint density at radius 3 is 2.52 bits per heavy atom. The van der Waals surface area contributed by atoms with Crippen LogP contribution in [-0.4, -0.2) is 34.1 Å². The number of benzene rings is 2. The van der Waals surface area contributed by atoms with E-state index >= 15 is 0 Å². The van der Waals surface area contributed by atoms with Crippen molar-refractivity contribution in [3.05, 3.63) is 48.0 Å². The summed E-state index contributed by atoms with van der Waals surface area (Å²) in [7, 11) is -3.90. The van der Waals surface area contributed by atoms with Crippen molar-refractivity contribution in [2.45, 2.75) is 18.7 Å². The summed E-state index contributed by atoms with van der Waals surface area (Å²) in [5.74, 6) is 0.848. The molecular weight excluding hydrogens is 368 g/mol. The van der Waals surface area contributed by atoms with Gasteiger partial charge >= 0.3 is 0 Å². The first-order valence-corrected chi connectivity index (χ1v) is 10.1. The van der Waals surface area contributed by atoms with E-state index in [1.165, 1.54) is 12.1 Å². The van der Waals surface area contributed by atoms with Crippen molar-refractivity contribution >= 4 is 21.6 Å². The van der Waals surface area contributed by atoms with E-state index in [9.17, 15) is 13.2 Å². The molecule has 0 spiro atoms. The lowest BCUT2D eigenvalue weighted by Crippen LogP contribution is -2.28. The summed E-state index contributed by atoms with van der Waals surface area (Å²) in [6.45, 7) is 5.26. The van der Waals surface area contributed by atoms with E-state index in [2.05, 4.69) is 10.0 Å². The van der Waals surface area contributed by atoms with Crippen molar-refractivity contribution in [3.63, 3.8) is 0 Å². The first kappa shape index (κ1) is 19.0. The highest BCUT2D eigenvalue weighted by molar-refractivity contribution is 7.92. The van der Waals surface area contributed by atoms with Crippen LogP contribution in [0.1, 0.15) is 24.2 Å². The number of ether oxygens (including phenoxy) is 2. The second kappa shape index (κ2) is 7.87. The molecule has 27 heavy (non-hydrogen) atoms. The zero-order valence-electron chi connectivity index (χ0n) is 15.2. The van der Waals surface area contributed by atoms with E-state index in [0.29, 0.717) is 31.3 Å². The molecule has 3 rings (SSSR count). The van der Waals surface area contributed by atoms with Gasteiger partial charge in [0.25, 0.3) is 15.9 Å². The number of carbonyl (C=O) groups excluding carboxylic acids is 1. The number of sulfonamides is 1. The van der Waals surface area contributed by atoms with Crippen LogP contribution in [0.5, 0.6) is 11.5 Å². The molecule has 0 atom stereocenters. The number of carbonyl (C=O) groups is 1. The van der Waals surface area contributed by atoms with Crippen LogP contribution in [0.4, 0.5) is 5.69 Å². The minimum Gasteiger partial charge on any atom is -0.486 e. The summed E-state index contributed by atoms with van der Waals surface area (Å²) in [4.78, 5) is 12.4. The van der Waals surface area contributed by atoms with Crippen molar-refractivity contribution in [2.24, 2.45) is 5.92 Å². The van der Waals surface area contributed by atoms with Gasteiger partial charge in [-0.05, 0) is 30.2 Å². The van der Waals surface area contributed by atoms with E-state index in [1.807, 2.05) is 13.8 Å². The molecule has 0 bridgehead atoms. The average molecular weight is 390 g/mol. The van der Waals surface area contributed by atoms with Gasteiger partial charge in [-0.15, -0.1) is 0 Å². The Balaban J connectivity index is 1.85. The molecule has 0 fully saturated rings. The Labute approximate surface area is 158 Å². The molecule has 7 nitrogen and oxygen atoms in total. The fraction of sp³-hybridized carbons (Fsp3) is 0.316. The molecule has 0 radical (unpaired) electrons. The van der Waals surface area contributed by atoms with Crippen molar-refractivity contribution < 1.29 is 22.7 Å². The summed E-state index contributed by atoms with van der Waals surface area (Å²) < 4.78 is 38.9. The van der Waals surface area contributed by atoms with Crippen LogP contribution in [0.25, 0.3) is 0 Å². The number of para-hydroxylation sites is 1. The number of hydrogen-bond donors (Lipinski definition) is 2. The van der Waals surface area contributed by atoms with E-state index < -0.39 is 10.0 Å². The molecule has 0 unspecified atom stereocenters. The quantitative estimate of drug-likeness (QED) is 0.791. The smallest absolute Gasteiger partial charge is 0.262 e. The predicted octanol–water partition coefficient (Wildman–Crippen LogP) is 2.64. The fourth-order valence-corrected chi connectivity index (χ4v) is 3.65. The maximum absolute atomic E-state index is 12.8. The molecule has 1 aliphatic rings. The number of anilines is 1. The molecule has 0 aromatic heterocycles. The maximum atomic E-state index is 12.8. The SMILES string of the molecule is CC(C)CNC(=O)c1ccccc1NS(=O)(=O)c1ccc2c(c1)OCCO2. The number of hydrogen-bond acceptors (Lipinski definition) is 5. The molecule has 0 saturated carbocycles. The summed E-state index contributed by atoms with van der Waals surface area (Å²) >= 11 is 0. The molecule has 1 heterocycles. The molecule has 0 saturated heterocycles. The highest BCUT2D eigenvalue weighted by Gasteiger charge is 2.21. The van der Waals surface area contributed by atoms with Crippen LogP contribution < -0.4 is 19.5 Å². The van der Waals surface area contributed by atoms with E-state index in [4.69, 9.17) is 9.47 Å². The van der Waals surface area contributed by atoms with Crippen LogP contribution in [0.15, 0.2) is 47.4 Å². The van der Waals surface area contributed by atoms with Gasteiger partial charge in [0.05, 0.1) is 16.1 Å². The maximum Gasteiger partial charge on any atom is 0.262 e. The van der Waals surface area contributed by atoms with Gasteiger partial charge in [-0.25, -0.2) is 8.42 Å². The van der Waals surface area contributed by atoms with Crippen molar-refractivity contribution in [1.29, 1.82) is 0 Å². The molecular formula is C19H22N2O5S. The van der Waals surface area contributed by atoms with Crippen molar-refractivity contribution in [3.8, 4) is 11.5 Å². The summed E-state index contributed by atoms with van der Waals surface area (Å²) in [6, 6.07) is 10.9. The fourth-order valence-electron chi connectivity index (χ4n) is 2.56. The summed E-state index contributed by atoms with van der Waals surface area (Å²) in [6.07, 6.45) is 0. The highest BCUT2D eigenvalue weighted by atomic mass is 32.2. The Bertz CT molecular complexity index is 941. The second-order valence-corrected chi connectivity index (χ2v) is 8.24. The molecule has 2 aromatic carbocycles. The Morgan fingerprint density at radius 2 is 1.78 bits per heavy atom.